The largest absolute Gasteiger partial charge is 0.462 e. The molecule has 7 nitrogen and oxygen atoms in total. The Bertz CT molecular complexity index is 872. The van der Waals surface area contributed by atoms with E-state index in [9.17, 15) is 9.59 Å². The zero-order valence-electron chi connectivity index (χ0n) is 14.2. The van der Waals surface area contributed by atoms with E-state index < -0.39 is 0 Å². The lowest BCUT2D eigenvalue weighted by molar-refractivity contribution is 0.0526. The van der Waals surface area contributed by atoms with Crippen LogP contribution in [-0.2, 0) is 4.74 Å². The standard InChI is InChI=1S/C19H18N4O3/c1-2-26-18(24)14-5-9-16(10-6-14)22-19(25)21-15-7-3-13(4-8-15)17-11-12-20-23-17/h3-12H,2H2,1H3,(H,20,23)(H2,21,22,25). The number of nitrogens with zero attached hydrogens (tertiary/aromatic N) is 1. The summed E-state index contributed by atoms with van der Waals surface area (Å²) < 4.78 is 4.92. The van der Waals surface area contributed by atoms with Crippen LogP contribution in [0.4, 0.5) is 16.2 Å². The first-order valence-corrected chi connectivity index (χ1v) is 8.10. The molecule has 0 atom stereocenters. The third kappa shape index (κ3) is 4.27. The number of urea groups is 1. The molecule has 132 valence electrons. The SMILES string of the molecule is CCOC(=O)c1ccc(NC(=O)Nc2ccc(-c3ccn[nH]3)cc2)cc1. The van der Waals surface area contributed by atoms with Crippen molar-refractivity contribution in [3.63, 3.8) is 0 Å². The average Bonchev–Trinajstić information content (AvgIpc) is 3.18. The van der Waals surface area contributed by atoms with Gasteiger partial charge in [0.1, 0.15) is 0 Å². The summed E-state index contributed by atoms with van der Waals surface area (Å²) in [5.74, 6) is -0.388. The summed E-state index contributed by atoms with van der Waals surface area (Å²) in [6.07, 6.45) is 1.68. The van der Waals surface area contributed by atoms with Crippen LogP contribution in [-0.4, -0.2) is 28.8 Å². The van der Waals surface area contributed by atoms with Gasteiger partial charge >= 0.3 is 12.0 Å². The van der Waals surface area contributed by atoms with Crippen molar-refractivity contribution < 1.29 is 14.3 Å². The summed E-state index contributed by atoms with van der Waals surface area (Å²) in [7, 11) is 0. The number of carbonyl (C=O) groups is 2. The second-order valence-corrected chi connectivity index (χ2v) is 5.42. The van der Waals surface area contributed by atoms with Crippen LogP contribution in [0.3, 0.4) is 0 Å². The Kier molecular flexibility index (Phi) is 5.28. The van der Waals surface area contributed by atoms with Crippen molar-refractivity contribution in [1.29, 1.82) is 0 Å². The predicted molar refractivity (Wildman–Crippen MR) is 99.1 cm³/mol. The molecular weight excluding hydrogens is 332 g/mol. The molecule has 7 heteroatoms. The molecule has 0 radical (unpaired) electrons. The molecule has 0 spiro atoms. The number of amides is 2. The van der Waals surface area contributed by atoms with Crippen molar-refractivity contribution in [3.8, 4) is 11.3 Å². The fraction of sp³-hybridized carbons (Fsp3) is 0.105. The van der Waals surface area contributed by atoms with E-state index >= 15 is 0 Å². The number of benzene rings is 2. The second kappa shape index (κ2) is 7.98. The van der Waals surface area contributed by atoms with Crippen LogP contribution in [0.15, 0.2) is 60.8 Å². The summed E-state index contributed by atoms with van der Waals surface area (Å²) in [5, 5.41) is 12.3. The Balaban J connectivity index is 1.57. The maximum Gasteiger partial charge on any atom is 0.338 e. The van der Waals surface area contributed by atoms with Crippen molar-refractivity contribution in [3.05, 3.63) is 66.4 Å². The number of nitrogens with one attached hydrogen (secondary N) is 3. The zero-order valence-corrected chi connectivity index (χ0v) is 14.2. The number of anilines is 2. The van der Waals surface area contributed by atoms with Crippen molar-refractivity contribution in [2.45, 2.75) is 6.92 Å². The molecule has 3 rings (SSSR count). The van der Waals surface area contributed by atoms with Gasteiger partial charge in [0.15, 0.2) is 0 Å². The van der Waals surface area contributed by atoms with Gasteiger partial charge < -0.3 is 15.4 Å². The lowest BCUT2D eigenvalue weighted by Crippen LogP contribution is -2.19. The van der Waals surface area contributed by atoms with E-state index in [0.717, 1.165) is 11.3 Å². The smallest absolute Gasteiger partial charge is 0.338 e. The lowest BCUT2D eigenvalue weighted by Gasteiger charge is -2.09. The van der Waals surface area contributed by atoms with Crippen molar-refractivity contribution >= 4 is 23.4 Å². The first-order chi connectivity index (χ1) is 12.7. The molecule has 0 bridgehead atoms. The molecule has 1 aromatic heterocycles. The zero-order chi connectivity index (χ0) is 18.4. The first-order valence-electron chi connectivity index (χ1n) is 8.10. The fourth-order valence-corrected chi connectivity index (χ4v) is 2.35. The number of H-pyrrole nitrogens is 1. The van der Waals surface area contributed by atoms with Gasteiger partial charge in [-0.15, -0.1) is 0 Å². The van der Waals surface area contributed by atoms with E-state index in [0.29, 0.717) is 23.5 Å². The monoisotopic (exact) mass is 350 g/mol. The van der Waals surface area contributed by atoms with Gasteiger partial charge in [0.25, 0.3) is 0 Å². The van der Waals surface area contributed by atoms with Crippen molar-refractivity contribution in [2.24, 2.45) is 0 Å². The van der Waals surface area contributed by atoms with Gasteiger partial charge in [-0.1, -0.05) is 12.1 Å². The van der Waals surface area contributed by atoms with Gasteiger partial charge in [0.05, 0.1) is 17.9 Å². The Morgan fingerprint density at radius 1 is 0.962 bits per heavy atom. The Hall–Kier alpha value is -3.61. The minimum absolute atomic E-state index is 0.320. The molecule has 1 heterocycles. The van der Waals surface area contributed by atoms with Gasteiger partial charge in [-0.25, -0.2) is 9.59 Å². The summed E-state index contributed by atoms with van der Waals surface area (Å²) >= 11 is 0. The second-order valence-electron chi connectivity index (χ2n) is 5.42. The van der Waals surface area contributed by atoms with Gasteiger partial charge in [-0.2, -0.15) is 5.10 Å². The van der Waals surface area contributed by atoms with Crippen molar-refractivity contribution in [2.75, 3.05) is 17.2 Å². The molecule has 0 aliphatic rings. The summed E-state index contributed by atoms with van der Waals surface area (Å²) in [5.41, 5.74) is 3.55. The normalized spacial score (nSPS) is 10.2. The molecule has 0 fully saturated rings. The minimum Gasteiger partial charge on any atom is -0.462 e. The highest BCUT2D eigenvalue weighted by atomic mass is 16.5. The van der Waals surface area contributed by atoms with E-state index in [1.807, 2.05) is 18.2 Å². The van der Waals surface area contributed by atoms with Crippen molar-refractivity contribution in [1.82, 2.24) is 10.2 Å². The highest BCUT2D eigenvalue weighted by Crippen LogP contribution is 2.19. The molecule has 0 aliphatic carbocycles. The number of carbonyl (C=O) groups excluding carboxylic acids is 2. The molecule has 3 aromatic rings. The molecule has 0 saturated heterocycles. The molecule has 2 amide bonds. The molecular formula is C19H18N4O3. The summed E-state index contributed by atoms with van der Waals surface area (Å²) in [4.78, 5) is 23.7. The third-order valence-corrected chi connectivity index (χ3v) is 3.61. The highest BCUT2D eigenvalue weighted by Gasteiger charge is 2.07. The van der Waals surface area contributed by atoms with E-state index in [1.165, 1.54) is 0 Å². The van der Waals surface area contributed by atoms with Crippen LogP contribution in [0, 0.1) is 0 Å². The number of aromatic nitrogens is 2. The number of hydrogen-bond donors (Lipinski definition) is 3. The number of esters is 1. The molecule has 0 aliphatic heterocycles. The van der Waals surface area contributed by atoms with Crippen LogP contribution in [0.2, 0.25) is 0 Å². The first kappa shape index (κ1) is 17.2. The molecule has 0 saturated carbocycles. The lowest BCUT2D eigenvalue weighted by atomic mass is 10.1. The van der Waals surface area contributed by atoms with Gasteiger partial charge in [0, 0.05) is 17.6 Å². The number of ether oxygens (including phenoxy) is 1. The molecule has 26 heavy (non-hydrogen) atoms. The highest BCUT2D eigenvalue weighted by molar-refractivity contribution is 6.00. The van der Waals surface area contributed by atoms with Gasteiger partial charge in [-0.3, -0.25) is 5.10 Å². The van der Waals surface area contributed by atoms with E-state index in [-0.39, 0.29) is 12.0 Å². The van der Waals surface area contributed by atoms with E-state index in [4.69, 9.17) is 4.74 Å². The minimum atomic E-state index is -0.388. The van der Waals surface area contributed by atoms with Crippen LogP contribution in [0.5, 0.6) is 0 Å². The summed E-state index contributed by atoms with van der Waals surface area (Å²) in [6.45, 7) is 2.07. The van der Waals surface area contributed by atoms with E-state index in [2.05, 4.69) is 20.8 Å². The summed E-state index contributed by atoms with van der Waals surface area (Å²) in [6, 6.07) is 15.4. The van der Waals surface area contributed by atoms with Crippen LogP contribution < -0.4 is 10.6 Å². The Morgan fingerprint density at radius 2 is 1.58 bits per heavy atom. The molecule has 0 unspecified atom stereocenters. The van der Waals surface area contributed by atoms with Crippen LogP contribution in [0.25, 0.3) is 11.3 Å². The van der Waals surface area contributed by atoms with E-state index in [1.54, 1.807) is 49.5 Å². The number of hydrogen-bond acceptors (Lipinski definition) is 4. The third-order valence-electron chi connectivity index (χ3n) is 3.61. The number of aromatic amines is 1. The Morgan fingerprint density at radius 3 is 2.12 bits per heavy atom. The maximum absolute atomic E-state index is 12.1. The van der Waals surface area contributed by atoms with Crippen LogP contribution >= 0.6 is 0 Å². The van der Waals surface area contributed by atoms with Crippen LogP contribution in [0.1, 0.15) is 17.3 Å². The quantitative estimate of drug-likeness (QED) is 0.608. The molecule has 2 aromatic carbocycles. The predicted octanol–water partition coefficient (Wildman–Crippen LogP) is 3.90. The van der Waals surface area contributed by atoms with Gasteiger partial charge in [0.2, 0.25) is 0 Å². The van der Waals surface area contributed by atoms with Gasteiger partial charge in [-0.05, 0) is 55.0 Å². The topological polar surface area (TPSA) is 96.1 Å². The molecule has 3 N–H and O–H groups in total. The Labute approximate surface area is 150 Å². The number of rotatable bonds is 5. The maximum atomic E-state index is 12.1. The average molecular weight is 350 g/mol. The fourth-order valence-electron chi connectivity index (χ4n) is 2.35.